The lowest BCUT2D eigenvalue weighted by Crippen LogP contribution is -2.36. The largest absolute Gasteiger partial charge is 0.480 e. The monoisotopic (exact) mass is 473 g/mol. The van der Waals surface area contributed by atoms with Gasteiger partial charge in [-0.3, -0.25) is 9.36 Å². The molecule has 0 amide bonds. The van der Waals surface area contributed by atoms with Crippen molar-refractivity contribution in [1.29, 1.82) is 0 Å². The van der Waals surface area contributed by atoms with E-state index in [1.54, 1.807) is 18.2 Å². The Morgan fingerprint density at radius 3 is 2.56 bits per heavy atom. The average molecular weight is 473 g/mol. The summed E-state index contributed by atoms with van der Waals surface area (Å²) in [7, 11) is 0. The Labute approximate surface area is 190 Å². The predicted octanol–water partition coefficient (Wildman–Crippen LogP) is 3.61. The summed E-state index contributed by atoms with van der Waals surface area (Å²) in [5, 5.41) is 10.3. The molecule has 0 saturated heterocycles. The summed E-state index contributed by atoms with van der Waals surface area (Å²) in [4.78, 5) is 47.0. The van der Waals surface area contributed by atoms with E-state index >= 15 is 0 Å². The second kappa shape index (κ2) is 9.00. The van der Waals surface area contributed by atoms with Crippen LogP contribution in [-0.4, -0.2) is 26.6 Å². The highest BCUT2D eigenvalue weighted by Crippen LogP contribution is 2.30. The lowest BCUT2D eigenvalue weighted by atomic mass is 10.1. The molecular weight excluding hydrogens is 455 g/mol. The van der Waals surface area contributed by atoms with Crippen LogP contribution in [-0.2, 0) is 28.8 Å². The van der Waals surface area contributed by atoms with Crippen molar-refractivity contribution in [2.75, 3.05) is 5.06 Å². The van der Waals surface area contributed by atoms with Crippen LogP contribution in [0.4, 0.5) is 18.9 Å². The summed E-state index contributed by atoms with van der Waals surface area (Å²) in [5.74, 6) is -1.81. The minimum absolute atomic E-state index is 0.107. The number of hydroxylamine groups is 1. The number of fused-ring (bicyclic) bond motifs is 1. The number of nitrogens with zero attached hydrogens (tertiary/aromatic N) is 3. The smallest absolute Gasteiger partial charge is 0.416 e. The number of halogens is 3. The van der Waals surface area contributed by atoms with Gasteiger partial charge in [-0.15, -0.1) is 0 Å². The molecule has 2 aromatic carbocycles. The van der Waals surface area contributed by atoms with Gasteiger partial charge >= 0.3 is 18.1 Å². The van der Waals surface area contributed by atoms with Crippen LogP contribution in [0, 0.1) is 0 Å². The number of alkyl halides is 3. The first-order valence-electron chi connectivity index (χ1n) is 10.2. The van der Waals surface area contributed by atoms with Crippen LogP contribution in [0.1, 0.15) is 39.8 Å². The van der Waals surface area contributed by atoms with Crippen molar-refractivity contribution in [3.05, 3.63) is 93.7 Å². The maximum Gasteiger partial charge on any atom is 0.416 e. The van der Waals surface area contributed by atoms with E-state index in [-0.39, 0.29) is 35.5 Å². The SMILES string of the molecule is O=C(ON(Cc1cccc(C(F)(F)F)c1)c1cnc2n(c1=O)[C@H](C(=O)O)CC2)c1ccccc1. The Kier molecular flexibility index (Phi) is 6.10. The Bertz CT molecular complexity index is 1290. The van der Waals surface area contributed by atoms with Crippen LogP contribution in [0.5, 0.6) is 0 Å². The third kappa shape index (κ3) is 4.63. The van der Waals surface area contributed by atoms with Gasteiger partial charge in [-0.2, -0.15) is 18.2 Å². The summed E-state index contributed by atoms with van der Waals surface area (Å²) in [6, 6.07) is 11.0. The molecule has 0 spiro atoms. The quantitative estimate of drug-likeness (QED) is 0.546. The normalized spacial score (nSPS) is 15.0. The van der Waals surface area contributed by atoms with Crippen molar-refractivity contribution >= 4 is 17.6 Å². The minimum Gasteiger partial charge on any atom is -0.480 e. The second-order valence-corrected chi connectivity index (χ2v) is 7.61. The first-order chi connectivity index (χ1) is 16.1. The maximum absolute atomic E-state index is 13.2. The molecule has 1 aliphatic rings. The summed E-state index contributed by atoms with van der Waals surface area (Å²) < 4.78 is 40.5. The molecule has 1 N–H and O–H groups in total. The average Bonchev–Trinajstić information content (AvgIpc) is 3.25. The van der Waals surface area contributed by atoms with Crippen LogP contribution >= 0.6 is 0 Å². The van der Waals surface area contributed by atoms with E-state index in [1.807, 2.05) is 0 Å². The van der Waals surface area contributed by atoms with Crippen LogP contribution < -0.4 is 10.6 Å². The number of carboxylic acids is 1. The van der Waals surface area contributed by atoms with E-state index in [2.05, 4.69) is 4.98 Å². The molecule has 0 saturated carbocycles. The van der Waals surface area contributed by atoms with Crippen molar-refractivity contribution in [3.8, 4) is 0 Å². The number of benzene rings is 2. The molecule has 0 aliphatic carbocycles. The highest BCUT2D eigenvalue weighted by atomic mass is 19.4. The van der Waals surface area contributed by atoms with Gasteiger partial charge in [-0.25, -0.2) is 14.6 Å². The molecule has 34 heavy (non-hydrogen) atoms. The summed E-state index contributed by atoms with van der Waals surface area (Å²) >= 11 is 0. The Morgan fingerprint density at radius 1 is 1.15 bits per heavy atom. The van der Waals surface area contributed by atoms with E-state index in [1.165, 1.54) is 24.3 Å². The minimum atomic E-state index is -4.59. The van der Waals surface area contributed by atoms with Crippen LogP contribution in [0.2, 0.25) is 0 Å². The summed E-state index contributed by atoms with van der Waals surface area (Å²) in [5.41, 5.74) is -1.71. The topological polar surface area (TPSA) is 102 Å². The molecule has 11 heteroatoms. The number of anilines is 1. The van der Waals surface area contributed by atoms with E-state index < -0.39 is 41.8 Å². The molecule has 176 valence electrons. The zero-order valence-corrected chi connectivity index (χ0v) is 17.5. The van der Waals surface area contributed by atoms with Crippen molar-refractivity contribution < 1.29 is 32.7 Å². The zero-order valence-electron chi connectivity index (χ0n) is 17.5. The number of aryl methyl sites for hydroxylation is 1. The van der Waals surface area contributed by atoms with E-state index in [0.29, 0.717) is 0 Å². The van der Waals surface area contributed by atoms with Gasteiger partial charge in [0, 0.05) is 6.42 Å². The Balaban J connectivity index is 1.75. The lowest BCUT2D eigenvalue weighted by molar-refractivity contribution is -0.141. The lowest BCUT2D eigenvalue weighted by Gasteiger charge is -2.24. The molecule has 1 atom stereocenters. The fourth-order valence-corrected chi connectivity index (χ4v) is 3.71. The first kappa shape index (κ1) is 23.0. The van der Waals surface area contributed by atoms with E-state index in [9.17, 15) is 32.7 Å². The molecule has 1 aliphatic heterocycles. The standard InChI is InChI=1S/C23H18F3N3O5/c24-23(25,26)16-8-4-5-14(11-16)13-28(34-22(33)15-6-2-1-3-7-15)18-12-27-19-10-9-17(21(31)32)29(19)20(18)30/h1-8,11-12,17H,9-10,13H2,(H,31,32)/t17-/m0/s1. The number of carbonyl (C=O) groups is 2. The first-order valence-corrected chi connectivity index (χ1v) is 10.2. The van der Waals surface area contributed by atoms with Crippen LogP contribution in [0.3, 0.4) is 0 Å². The number of carboxylic acid groups (broad SMARTS) is 1. The fraction of sp³-hybridized carbons (Fsp3) is 0.217. The van der Waals surface area contributed by atoms with Crippen molar-refractivity contribution in [1.82, 2.24) is 9.55 Å². The van der Waals surface area contributed by atoms with E-state index in [0.717, 1.165) is 28.0 Å². The van der Waals surface area contributed by atoms with Crippen LogP contribution in [0.25, 0.3) is 0 Å². The van der Waals surface area contributed by atoms with Gasteiger partial charge in [0.2, 0.25) is 0 Å². The molecule has 2 heterocycles. The Morgan fingerprint density at radius 2 is 1.88 bits per heavy atom. The zero-order chi connectivity index (χ0) is 24.5. The number of hydrogen-bond donors (Lipinski definition) is 1. The van der Waals surface area contributed by atoms with Crippen LogP contribution in [0.15, 0.2) is 65.6 Å². The van der Waals surface area contributed by atoms with Gasteiger partial charge in [-0.1, -0.05) is 30.3 Å². The van der Waals surface area contributed by atoms with Crippen molar-refractivity contribution in [2.24, 2.45) is 0 Å². The van der Waals surface area contributed by atoms with Gasteiger partial charge in [0.15, 0.2) is 5.69 Å². The molecule has 3 aromatic rings. The third-order valence-electron chi connectivity index (χ3n) is 5.34. The predicted molar refractivity (Wildman–Crippen MR) is 113 cm³/mol. The highest BCUT2D eigenvalue weighted by Gasteiger charge is 2.33. The number of carbonyl (C=O) groups excluding carboxylic acids is 1. The third-order valence-corrected chi connectivity index (χ3v) is 5.34. The maximum atomic E-state index is 13.2. The molecule has 0 radical (unpaired) electrons. The van der Waals surface area contributed by atoms with Gasteiger partial charge in [0.1, 0.15) is 11.9 Å². The molecule has 1 aromatic heterocycles. The number of rotatable bonds is 6. The number of aromatic nitrogens is 2. The van der Waals surface area contributed by atoms with E-state index in [4.69, 9.17) is 4.84 Å². The molecule has 4 rings (SSSR count). The number of aliphatic carboxylic acids is 1. The Hall–Kier alpha value is -4.15. The highest BCUT2D eigenvalue weighted by molar-refractivity contribution is 5.89. The molecule has 0 unspecified atom stereocenters. The van der Waals surface area contributed by atoms with Gasteiger partial charge in [0.05, 0.1) is 23.9 Å². The fourth-order valence-electron chi connectivity index (χ4n) is 3.71. The van der Waals surface area contributed by atoms with Crippen molar-refractivity contribution in [3.63, 3.8) is 0 Å². The molecule has 0 bridgehead atoms. The van der Waals surface area contributed by atoms with Gasteiger partial charge in [0.25, 0.3) is 5.56 Å². The van der Waals surface area contributed by atoms with Crippen molar-refractivity contribution in [2.45, 2.75) is 31.6 Å². The summed E-state index contributed by atoms with van der Waals surface area (Å²) in [6.45, 7) is -0.406. The van der Waals surface area contributed by atoms with Gasteiger partial charge < -0.3 is 9.94 Å². The van der Waals surface area contributed by atoms with Gasteiger partial charge in [-0.05, 0) is 36.2 Å². The molecule has 8 nitrogen and oxygen atoms in total. The summed E-state index contributed by atoms with van der Waals surface area (Å²) in [6.07, 6.45) is -3.03. The number of hydrogen-bond acceptors (Lipinski definition) is 6. The molecule has 0 fully saturated rings. The molecular formula is C23H18F3N3O5. The second-order valence-electron chi connectivity index (χ2n) is 7.61.